The molecular formula is C21H28N4O4. The molecule has 8 nitrogen and oxygen atoms in total. The van der Waals surface area contributed by atoms with Gasteiger partial charge in [0, 0.05) is 44.6 Å². The highest BCUT2D eigenvalue weighted by atomic mass is 16.7. The van der Waals surface area contributed by atoms with Gasteiger partial charge in [-0.2, -0.15) is 0 Å². The van der Waals surface area contributed by atoms with Crippen LogP contribution in [0.5, 0.6) is 0 Å². The molecule has 156 valence electrons. The molecule has 0 aliphatic carbocycles. The third-order valence-electron chi connectivity index (χ3n) is 6.67. The van der Waals surface area contributed by atoms with Gasteiger partial charge in [0.2, 0.25) is 11.6 Å². The van der Waals surface area contributed by atoms with Crippen molar-refractivity contribution in [3.05, 3.63) is 17.7 Å². The number of aromatic nitrogens is 2. The lowest BCUT2D eigenvalue weighted by molar-refractivity contribution is -0.188. The predicted octanol–water partition coefficient (Wildman–Crippen LogP) is 2.42. The van der Waals surface area contributed by atoms with Crippen molar-refractivity contribution in [2.75, 3.05) is 44.3 Å². The monoisotopic (exact) mass is 400 g/mol. The topological polar surface area (TPSA) is 80.9 Å². The number of aryl methyl sites for hydroxylation is 2. The van der Waals surface area contributed by atoms with E-state index in [1.807, 2.05) is 18.7 Å². The van der Waals surface area contributed by atoms with Gasteiger partial charge >= 0.3 is 0 Å². The standard InChI is InChI=1S/C21H28N4O4/c1-14-15(2)29-19-17(14)18(22-13-23-19)25-7-3-4-16(12-25)20(26)24-8-5-21(6-9-24)27-10-11-28-21/h13,16H,3-12H2,1-2H3/t16-/m0/s1. The first-order valence-corrected chi connectivity index (χ1v) is 10.6. The molecule has 0 radical (unpaired) electrons. The first-order valence-electron chi connectivity index (χ1n) is 10.6. The van der Waals surface area contributed by atoms with Crippen LogP contribution in [0.15, 0.2) is 10.7 Å². The van der Waals surface area contributed by atoms with Crippen LogP contribution in [0.25, 0.3) is 11.1 Å². The maximum atomic E-state index is 13.2. The number of hydrogen-bond donors (Lipinski definition) is 0. The van der Waals surface area contributed by atoms with Crippen molar-refractivity contribution in [2.45, 2.75) is 45.3 Å². The molecule has 0 aromatic carbocycles. The highest BCUT2D eigenvalue weighted by Crippen LogP contribution is 2.35. The summed E-state index contributed by atoms with van der Waals surface area (Å²) in [5.74, 6) is 1.53. The number of carbonyl (C=O) groups excluding carboxylic acids is 1. The second kappa shape index (κ2) is 7.25. The van der Waals surface area contributed by atoms with Gasteiger partial charge in [-0.1, -0.05) is 0 Å². The summed E-state index contributed by atoms with van der Waals surface area (Å²) in [7, 11) is 0. The van der Waals surface area contributed by atoms with Crippen LogP contribution in [0.1, 0.15) is 37.0 Å². The Kier molecular flexibility index (Phi) is 4.70. The Labute approximate surface area is 170 Å². The average molecular weight is 400 g/mol. The second-order valence-electron chi connectivity index (χ2n) is 8.38. The predicted molar refractivity (Wildman–Crippen MR) is 107 cm³/mol. The molecule has 5 rings (SSSR count). The lowest BCUT2D eigenvalue weighted by Crippen LogP contribution is -2.51. The Morgan fingerprint density at radius 3 is 2.66 bits per heavy atom. The smallest absolute Gasteiger partial charge is 0.231 e. The molecule has 2 aromatic heterocycles. The number of anilines is 1. The minimum atomic E-state index is -0.446. The maximum Gasteiger partial charge on any atom is 0.231 e. The zero-order valence-electron chi connectivity index (χ0n) is 17.1. The van der Waals surface area contributed by atoms with Crippen LogP contribution >= 0.6 is 0 Å². The first-order chi connectivity index (χ1) is 14.1. The van der Waals surface area contributed by atoms with Gasteiger partial charge in [0.1, 0.15) is 17.9 Å². The van der Waals surface area contributed by atoms with E-state index in [-0.39, 0.29) is 11.8 Å². The van der Waals surface area contributed by atoms with E-state index in [4.69, 9.17) is 13.9 Å². The van der Waals surface area contributed by atoms with Gasteiger partial charge in [-0.15, -0.1) is 0 Å². The van der Waals surface area contributed by atoms with E-state index in [0.717, 1.165) is 54.8 Å². The van der Waals surface area contributed by atoms with Gasteiger partial charge in [0.25, 0.3) is 0 Å². The molecule has 0 N–H and O–H groups in total. The van der Waals surface area contributed by atoms with Crippen molar-refractivity contribution in [2.24, 2.45) is 5.92 Å². The van der Waals surface area contributed by atoms with E-state index >= 15 is 0 Å². The van der Waals surface area contributed by atoms with Gasteiger partial charge in [-0.05, 0) is 26.7 Å². The Balaban J connectivity index is 1.31. The quantitative estimate of drug-likeness (QED) is 0.766. The molecule has 0 bridgehead atoms. The van der Waals surface area contributed by atoms with E-state index in [1.165, 1.54) is 0 Å². The molecule has 1 amide bonds. The molecule has 29 heavy (non-hydrogen) atoms. The highest BCUT2D eigenvalue weighted by molar-refractivity contribution is 5.90. The number of hydrogen-bond acceptors (Lipinski definition) is 7. The fourth-order valence-electron chi connectivity index (χ4n) is 4.89. The van der Waals surface area contributed by atoms with E-state index in [2.05, 4.69) is 14.9 Å². The molecule has 0 saturated carbocycles. The van der Waals surface area contributed by atoms with Gasteiger partial charge < -0.3 is 23.7 Å². The van der Waals surface area contributed by atoms with Gasteiger partial charge in [-0.3, -0.25) is 4.79 Å². The van der Waals surface area contributed by atoms with Crippen LogP contribution in [0, 0.1) is 19.8 Å². The number of furan rings is 1. The van der Waals surface area contributed by atoms with Crippen LogP contribution in [0.2, 0.25) is 0 Å². The third-order valence-corrected chi connectivity index (χ3v) is 6.67. The summed E-state index contributed by atoms with van der Waals surface area (Å²) in [6, 6.07) is 0. The maximum absolute atomic E-state index is 13.2. The number of carbonyl (C=O) groups is 1. The largest absolute Gasteiger partial charge is 0.443 e. The molecule has 3 saturated heterocycles. The number of ether oxygens (including phenoxy) is 2. The van der Waals surface area contributed by atoms with Crippen molar-refractivity contribution in [1.82, 2.24) is 14.9 Å². The zero-order valence-corrected chi connectivity index (χ0v) is 17.1. The summed E-state index contributed by atoms with van der Waals surface area (Å²) < 4.78 is 17.4. The Hall–Kier alpha value is -2.19. The minimum Gasteiger partial charge on any atom is -0.443 e. The molecule has 8 heteroatoms. The van der Waals surface area contributed by atoms with Crippen molar-refractivity contribution in [1.29, 1.82) is 0 Å². The zero-order chi connectivity index (χ0) is 20.0. The van der Waals surface area contributed by atoms with Crippen molar-refractivity contribution < 1.29 is 18.7 Å². The molecule has 3 aliphatic rings. The molecule has 3 fully saturated rings. The Bertz CT molecular complexity index is 911. The molecule has 1 atom stereocenters. The normalized spacial score (nSPS) is 24.6. The number of likely N-dealkylation sites (tertiary alicyclic amines) is 1. The SMILES string of the molecule is Cc1oc2ncnc(N3CCC[C@H](C(=O)N4CCC5(CC4)OCCO5)C3)c2c1C. The van der Waals surface area contributed by atoms with E-state index in [9.17, 15) is 4.79 Å². The lowest BCUT2D eigenvalue weighted by Gasteiger charge is -2.40. The summed E-state index contributed by atoms with van der Waals surface area (Å²) in [4.78, 5) is 26.3. The summed E-state index contributed by atoms with van der Waals surface area (Å²) in [5, 5.41) is 0.966. The molecule has 3 aliphatic heterocycles. The number of piperidine rings is 2. The molecule has 2 aromatic rings. The van der Waals surface area contributed by atoms with E-state index in [1.54, 1.807) is 6.33 Å². The molecular weight excluding hydrogens is 372 g/mol. The van der Waals surface area contributed by atoms with E-state index < -0.39 is 5.79 Å². The van der Waals surface area contributed by atoms with Crippen LogP contribution in [-0.4, -0.2) is 66.0 Å². The van der Waals surface area contributed by atoms with Crippen molar-refractivity contribution >= 4 is 22.8 Å². The van der Waals surface area contributed by atoms with Gasteiger partial charge in [-0.25, -0.2) is 9.97 Å². The second-order valence-corrected chi connectivity index (χ2v) is 8.38. The first kappa shape index (κ1) is 18.8. The van der Waals surface area contributed by atoms with E-state index in [0.29, 0.717) is 38.6 Å². The summed E-state index contributed by atoms with van der Waals surface area (Å²) in [6.07, 6.45) is 4.96. The third kappa shape index (κ3) is 3.28. The Morgan fingerprint density at radius 1 is 1.14 bits per heavy atom. The summed E-state index contributed by atoms with van der Waals surface area (Å²) in [5.41, 5.74) is 1.69. The fraction of sp³-hybridized carbons (Fsp3) is 0.667. The fourth-order valence-corrected chi connectivity index (χ4v) is 4.89. The van der Waals surface area contributed by atoms with Crippen LogP contribution in [0.3, 0.4) is 0 Å². The van der Waals surface area contributed by atoms with Crippen LogP contribution in [0.4, 0.5) is 5.82 Å². The summed E-state index contributed by atoms with van der Waals surface area (Å²) >= 11 is 0. The minimum absolute atomic E-state index is 0.0125. The molecule has 0 unspecified atom stereocenters. The van der Waals surface area contributed by atoms with Gasteiger partial charge in [0.05, 0.1) is 24.5 Å². The number of rotatable bonds is 2. The number of fused-ring (bicyclic) bond motifs is 1. The average Bonchev–Trinajstić information content (AvgIpc) is 3.32. The van der Waals surface area contributed by atoms with Crippen LogP contribution < -0.4 is 4.90 Å². The van der Waals surface area contributed by atoms with Crippen molar-refractivity contribution in [3.8, 4) is 0 Å². The summed E-state index contributed by atoms with van der Waals surface area (Å²) in [6.45, 7) is 8.28. The number of amides is 1. The molecule has 1 spiro atoms. The van der Waals surface area contributed by atoms with Gasteiger partial charge in [0.15, 0.2) is 5.79 Å². The van der Waals surface area contributed by atoms with Crippen molar-refractivity contribution in [3.63, 3.8) is 0 Å². The molecule has 5 heterocycles. The highest BCUT2D eigenvalue weighted by Gasteiger charge is 2.42. The lowest BCUT2D eigenvalue weighted by atomic mass is 9.94. The number of nitrogens with zero attached hydrogens (tertiary/aromatic N) is 4. The Morgan fingerprint density at radius 2 is 1.90 bits per heavy atom. The van der Waals surface area contributed by atoms with Crippen LogP contribution in [-0.2, 0) is 14.3 Å².